The van der Waals surface area contributed by atoms with E-state index in [0.717, 1.165) is 12.8 Å². The molecule has 0 radical (unpaired) electrons. The molecular formula is C15H32O. The van der Waals surface area contributed by atoms with Crippen LogP contribution in [-0.2, 0) is 0 Å². The Morgan fingerprint density at radius 2 is 1.38 bits per heavy atom. The van der Waals surface area contributed by atoms with E-state index in [9.17, 15) is 5.11 Å². The molecule has 1 nitrogen and oxygen atoms in total. The Kier molecular flexibility index (Phi) is 5.52. The fourth-order valence-corrected chi connectivity index (χ4v) is 3.03. The van der Waals surface area contributed by atoms with Crippen LogP contribution in [0, 0.1) is 23.2 Å². The third-order valence-electron chi connectivity index (χ3n) is 4.03. The molecule has 0 aliphatic heterocycles. The van der Waals surface area contributed by atoms with Crippen LogP contribution < -0.4 is 0 Å². The third-order valence-corrected chi connectivity index (χ3v) is 4.03. The van der Waals surface area contributed by atoms with Gasteiger partial charge in [-0.05, 0) is 29.6 Å². The van der Waals surface area contributed by atoms with E-state index < -0.39 is 5.60 Å². The van der Waals surface area contributed by atoms with Crippen LogP contribution in [0.1, 0.15) is 68.2 Å². The van der Waals surface area contributed by atoms with E-state index in [4.69, 9.17) is 0 Å². The lowest BCUT2D eigenvalue weighted by Crippen LogP contribution is -2.48. The van der Waals surface area contributed by atoms with Crippen molar-refractivity contribution in [1.82, 2.24) is 0 Å². The van der Waals surface area contributed by atoms with E-state index in [-0.39, 0.29) is 5.41 Å². The first kappa shape index (κ1) is 16.0. The van der Waals surface area contributed by atoms with E-state index in [1.54, 1.807) is 0 Å². The maximum Gasteiger partial charge on any atom is 0.0721 e. The van der Waals surface area contributed by atoms with Crippen LogP contribution in [0.2, 0.25) is 0 Å². The maximum absolute atomic E-state index is 11.0. The SMILES string of the molecule is CCC(C)C(O)(C(C)C)C(C)CC(C)(C)C. The molecule has 0 spiro atoms. The fraction of sp³-hybridized carbons (Fsp3) is 1.00. The first-order chi connectivity index (χ1) is 7.05. The molecule has 0 aromatic heterocycles. The lowest BCUT2D eigenvalue weighted by Gasteiger charge is -2.44. The molecule has 16 heavy (non-hydrogen) atoms. The van der Waals surface area contributed by atoms with Crippen LogP contribution in [0.5, 0.6) is 0 Å². The Morgan fingerprint density at radius 1 is 0.938 bits per heavy atom. The summed E-state index contributed by atoms with van der Waals surface area (Å²) in [4.78, 5) is 0. The molecule has 3 atom stereocenters. The normalized spacial score (nSPS) is 20.6. The molecule has 0 aromatic rings. The summed E-state index contributed by atoms with van der Waals surface area (Å²) in [5.74, 6) is 1.03. The fourth-order valence-electron chi connectivity index (χ4n) is 3.03. The minimum Gasteiger partial charge on any atom is -0.389 e. The van der Waals surface area contributed by atoms with Crippen molar-refractivity contribution in [2.24, 2.45) is 23.2 Å². The van der Waals surface area contributed by atoms with Gasteiger partial charge in [0.25, 0.3) is 0 Å². The quantitative estimate of drug-likeness (QED) is 0.735. The van der Waals surface area contributed by atoms with Gasteiger partial charge in [0, 0.05) is 0 Å². The largest absolute Gasteiger partial charge is 0.389 e. The maximum atomic E-state index is 11.0. The van der Waals surface area contributed by atoms with Gasteiger partial charge in [0.05, 0.1) is 5.60 Å². The molecule has 1 heteroatoms. The number of hydrogen-bond acceptors (Lipinski definition) is 1. The smallest absolute Gasteiger partial charge is 0.0721 e. The summed E-state index contributed by atoms with van der Waals surface area (Å²) in [6.07, 6.45) is 2.12. The highest BCUT2D eigenvalue weighted by molar-refractivity contribution is 4.92. The van der Waals surface area contributed by atoms with Crippen LogP contribution >= 0.6 is 0 Å². The van der Waals surface area contributed by atoms with Crippen molar-refractivity contribution in [1.29, 1.82) is 0 Å². The third kappa shape index (κ3) is 3.76. The van der Waals surface area contributed by atoms with Crippen LogP contribution in [0.4, 0.5) is 0 Å². The predicted octanol–water partition coefficient (Wildman–Crippen LogP) is 4.49. The van der Waals surface area contributed by atoms with Gasteiger partial charge in [0.2, 0.25) is 0 Å². The Hall–Kier alpha value is -0.0400. The Balaban J connectivity index is 4.91. The molecule has 0 rings (SSSR count). The zero-order valence-corrected chi connectivity index (χ0v) is 12.6. The second-order valence-electron chi connectivity index (χ2n) is 7.02. The highest BCUT2D eigenvalue weighted by Crippen LogP contribution is 2.40. The van der Waals surface area contributed by atoms with Gasteiger partial charge in [-0.1, -0.05) is 61.8 Å². The van der Waals surface area contributed by atoms with E-state index in [2.05, 4.69) is 55.4 Å². The molecule has 0 heterocycles. The summed E-state index contributed by atoms with van der Waals surface area (Å²) in [7, 11) is 0. The summed E-state index contributed by atoms with van der Waals surface area (Å²) in [5.41, 5.74) is -0.238. The van der Waals surface area contributed by atoms with Crippen LogP contribution in [0.3, 0.4) is 0 Å². The number of aliphatic hydroxyl groups is 1. The van der Waals surface area contributed by atoms with Crippen LogP contribution in [0.15, 0.2) is 0 Å². The molecule has 98 valence electrons. The lowest BCUT2D eigenvalue weighted by molar-refractivity contribution is -0.106. The van der Waals surface area contributed by atoms with Crippen molar-refractivity contribution in [3.63, 3.8) is 0 Å². The predicted molar refractivity (Wildman–Crippen MR) is 72.5 cm³/mol. The summed E-state index contributed by atoms with van der Waals surface area (Å²) in [6.45, 7) is 17.6. The molecule has 0 saturated carbocycles. The molecule has 0 amide bonds. The highest BCUT2D eigenvalue weighted by atomic mass is 16.3. The number of hydrogen-bond donors (Lipinski definition) is 1. The van der Waals surface area contributed by atoms with Gasteiger partial charge in [0.15, 0.2) is 0 Å². The van der Waals surface area contributed by atoms with Gasteiger partial charge in [-0.25, -0.2) is 0 Å². The standard InChI is InChI=1S/C15H32O/c1-9-12(4)15(16,11(2)3)13(5)10-14(6,7)8/h11-13,16H,9-10H2,1-8H3. The monoisotopic (exact) mass is 228 g/mol. The van der Waals surface area contributed by atoms with Crippen LogP contribution in [0.25, 0.3) is 0 Å². The zero-order valence-electron chi connectivity index (χ0n) is 12.6. The Morgan fingerprint density at radius 3 is 1.62 bits per heavy atom. The summed E-state index contributed by atoms with van der Waals surface area (Å²) >= 11 is 0. The van der Waals surface area contributed by atoms with Gasteiger partial charge in [-0.2, -0.15) is 0 Å². The van der Waals surface area contributed by atoms with E-state index in [1.807, 2.05) is 0 Å². The summed E-state index contributed by atoms with van der Waals surface area (Å²) < 4.78 is 0. The van der Waals surface area contributed by atoms with Crippen molar-refractivity contribution in [2.45, 2.75) is 73.8 Å². The molecule has 0 saturated heterocycles. The van der Waals surface area contributed by atoms with Gasteiger partial charge in [-0.3, -0.25) is 0 Å². The molecule has 0 aromatic carbocycles. The van der Waals surface area contributed by atoms with Crippen molar-refractivity contribution in [3.8, 4) is 0 Å². The molecule has 0 fully saturated rings. The van der Waals surface area contributed by atoms with Crippen LogP contribution in [-0.4, -0.2) is 10.7 Å². The average molecular weight is 228 g/mol. The second kappa shape index (κ2) is 5.53. The molecular weight excluding hydrogens is 196 g/mol. The summed E-state index contributed by atoms with van der Waals surface area (Å²) in [5, 5.41) is 11.0. The van der Waals surface area contributed by atoms with Crippen molar-refractivity contribution in [2.75, 3.05) is 0 Å². The number of rotatable bonds is 5. The molecule has 0 aliphatic carbocycles. The van der Waals surface area contributed by atoms with Gasteiger partial charge in [0.1, 0.15) is 0 Å². The minimum absolute atomic E-state index is 0.287. The van der Waals surface area contributed by atoms with Gasteiger partial charge >= 0.3 is 0 Å². The molecule has 0 bridgehead atoms. The van der Waals surface area contributed by atoms with Crippen molar-refractivity contribution in [3.05, 3.63) is 0 Å². The zero-order chi connectivity index (χ0) is 13.1. The molecule has 1 N–H and O–H groups in total. The highest BCUT2D eigenvalue weighted by Gasteiger charge is 2.42. The minimum atomic E-state index is -0.526. The average Bonchev–Trinajstić information content (AvgIpc) is 2.11. The van der Waals surface area contributed by atoms with Crippen molar-refractivity contribution >= 4 is 0 Å². The Bertz CT molecular complexity index is 202. The van der Waals surface area contributed by atoms with E-state index in [0.29, 0.717) is 17.8 Å². The van der Waals surface area contributed by atoms with Gasteiger partial charge in [-0.15, -0.1) is 0 Å². The lowest BCUT2D eigenvalue weighted by atomic mass is 9.66. The Labute approximate surface area is 103 Å². The summed E-state index contributed by atoms with van der Waals surface area (Å²) in [6, 6.07) is 0. The topological polar surface area (TPSA) is 20.2 Å². The van der Waals surface area contributed by atoms with E-state index in [1.165, 1.54) is 0 Å². The van der Waals surface area contributed by atoms with Gasteiger partial charge < -0.3 is 5.11 Å². The molecule has 0 aliphatic rings. The second-order valence-corrected chi connectivity index (χ2v) is 7.02. The molecule has 3 unspecified atom stereocenters. The first-order valence-corrected chi connectivity index (χ1v) is 6.78. The van der Waals surface area contributed by atoms with Crippen molar-refractivity contribution < 1.29 is 5.11 Å². The first-order valence-electron chi connectivity index (χ1n) is 6.78. The van der Waals surface area contributed by atoms with E-state index >= 15 is 0 Å².